The van der Waals surface area contributed by atoms with Crippen LogP contribution in [0.1, 0.15) is 5.69 Å². The molecule has 0 aliphatic heterocycles. The second kappa shape index (κ2) is 3.21. The van der Waals surface area contributed by atoms with Gasteiger partial charge in [0.2, 0.25) is 0 Å². The summed E-state index contributed by atoms with van der Waals surface area (Å²) in [4.78, 5) is 4.35. The van der Waals surface area contributed by atoms with E-state index >= 15 is 0 Å². The van der Waals surface area contributed by atoms with E-state index in [1.165, 1.54) is 0 Å². The van der Waals surface area contributed by atoms with E-state index in [1.807, 2.05) is 22.7 Å². The molecule has 0 spiro atoms. The average molecular weight is 213 g/mol. The fourth-order valence-electron chi connectivity index (χ4n) is 1.96. The maximum atomic E-state index is 9.41. The van der Waals surface area contributed by atoms with E-state index in [-0.39, 0.29) is 5.75 Å². The first-order valence-corrected chi connectivity index (χ1v) is 5.07. The lowest BCUT2D eigenvalue weighted by molar-refractivity contribution is 0.476. The van der Waals surface area contributed by atoms with E-state index in [0.717, 1.165) is 22.1 Å². The van der Waals surface area contributed by atoms with Gasteiger partial charge in [-0.1, -0.05) is 0 Å². The Balaban J connectivity index is 2.46. The number of nitrogens with zero attached hydrogens (tertiary/aromatic N) is 2. The van der Waals surface area contributed by atoms with Gasteiger partial charge in [-0.05, 0) is 29.7 Å². The van der Waals surface area contributed by atoms with Gasteiger partial charge in [-0.25, -0.2) is 4.98 Å². The third-order valence-corrected chi connectivity index (χ3v) is 2.76. The van der Waals surface area contributed by atoms with E-state index in [2.05, 4.69) is 4.98 Å². The van der Waals surface area contributed by atoms with Gasteiger partial charge in [-0.2, -0.15) is 0 Å². The van der Waals surface area contributed by atoms with Crippen LogP contribution in [0.3, 0.4) is 0 Å². The summed E-state index contributed by atoms with van der Waals surface area (Å²) in [7, 11) is 0. The Morgan fingerprint density at radius 1 is 1.31 bits per heavy atom. The number of pyridine rings is 1. The molecular formula is C12H11N3O. The number of fused-ring (bicyclic) bond motifs is 3. The first-order chi connectivity index (χ1) is 7.79. The molecule has 4 heteroatoms. The van der Waals surface area contributed by atoms with Crippen LogP contribution in [0.25, 0.3) is 16.4 Å². The van der Waals surface area contributed by atoms with Crippen molar-refractivity contribution in [2.75, 3.05) is 0 Å². The summed E-state index contributed by atoms with van der Waals surface area (Å²) in [5.74, 6) is 0.266. The Labute approximate surface area is 91.9 Å². The average Bonchev–Trinajstić information content (AvgIpc) is 2.71. The number of nitrogens with two attached hydrogens (primary N) is 1. The smallest absolute Gasteiger partial charge is 0.144 e. The maximum absolute atomic E-state index is 9.41. The molecule has 0 aliphatic rings. The Morgan fingerprint density at radius 3 is 3.00 bits per heavy atom. The fraction of sp³-hybridized carbons (Fsp3) is 0.0833. The van der Waals surface area contributed by atoms with Gasteiger partial charge >= 0.3 is 0 Å². The van der Waals surface area contributed by atoms with Gasteiger partial charge in [0, 0.05) is 18.1 Å². The number of aromatic nitrogens is 2. The molecule has 0 saturated heterocycles. The number of hydrogen-bond donors (Lipinski definition) is 2. The molecule has 16 heavy (non-hydrogen) atoms. The van der Waals surface area contributed by atoms with Crippen LogP contribution in [0.4, 0.5) is 0 Å². The zero-order chi connectivity index (χ0) is 11.1. The van der Waals surface area contributed by atoms with Crippen molar-refractivity contribution in [1.82, 2.24) is 9.38 Å². The van der Waals surface area contributed by atoms with Gasteiger partial charge < -0.3 is 15.2 Å². The summed E-state index contributed by atoms with van der Waals surface area (Å²) in [6.45, 7) is 0.463. The molecule has 0 radical (unpaired) electrons. The van der Waals surface area contributed by atoms with Crippen LogP contribution < -0.4 is 5.73 Å². The van der Waals surface area contributed by atoms with Crippen LogP contribution in [0.5, 0.6) is 5.75 Å². The van der Waals surface area contributed by atoms with Gasteiger partial charge in [-0.3, -0.25) is 0 Å². The monoisotopic (exact) mass is 213 g/mol. The van der Waals surface area contributed by atoms with Gasteiger partial charge in [-0.15, -0.1) is 0 Å². The number of imidazole rings is 1. The molecule has 3 aromatic rings. The van der Waals surface area contributed by atoms with Crippen molar-refractivity contribution in [3.63, 3.8) is 0 Å². The maximum Gasteiger partial charge on any atom is 0.144 e. The number of hydrogen-bond acceptors (Lipinski definition) is 3. The second-order valence-electron chi connectivity index (χ2n) is 3.73. The Kier molecular flexibility index (Phi) is 1.84. The van der Waals surface area contributed by atoms with E-state index in [4.69, 9.17) is 5.73 Å². The van der Waals surface area contributed by atoms with Crippen LogP contribution in [0.15, 0.2) is 36.7 Å². The molecule has 0 saturated carbocycles. The third-order valence-electron chi connectivity index (χ3n) is 2.76. The fourth-order valence-corrected chi connectivity index (χ4v) is 1.96. The van der Waals surface area contributed by atoms with Crippen molar-refractivity contribution >= 4 is 16.4 Å². The van der Waals surface area contributed by atoms with Gasteiger partial charge in [0.05, 0.1) is 11.9 Å². The quantitative estimate of drug-likeness (QED) is 0.646. The van der Waals surface area contributed by atoms with Gasteiger partial charge in [0.15, 0.2) is 0 Å². The highest BCUT2D eigenvalue weighted by molar-refractivity contribution is 5.94. The highest BCUT2D eigenvalue weighted by atomic mass is 16.3. The molecular weight excluding hydrogens is 202 g/mol. The van der Waals surface area contributed by atoms with Crippen LogP contribution in [0.2, 0.25) is 0 Å². The summed E-state index contributed by atoms with van der Waals surface area (Å²) in [5, 5.41) is 11.4. The summed E-state index contributed by atoms with van der Waals surface area (Å²) in [6.07, 6.45) is 3.70. The predicted molar refractivity (Wildman–Crippen MR) is 62.3 cm³/mol. The molecule has 0 amide bonds. The molecule has 3 rings (SSSR count). The Hall–Kier alpha value is -2.07. The lowest BCUT2D eigenvalue weighted by Gasteiger charge is -2.03. The summed E-state index contributed by atoms with van der Waals surface area (Å²) in [5.41, 5.74) is 7.48. The standard InChI is InChI=1S/C12H11N3O/c13-6-9-7-14-12-11-2-1-10(16)5-8(11)3-4-15(9)12/h1-5,7,16H,6,13H2. The van der Waals surface area contributed by atoms with E-state index in [1.54, 1.807) is 18.3 Å². The van der Waals surface area contributed by atoms with Crippen LogP contribution in [-0.2, 0) is 6.54 Å². The molecule has 0 atom stereocenters. The topological polar surface area (TPSA) is 63.5 Å². The van der Waals surface area contributed by atoms with E-state index in [0.29, 0.717) is 6.54 Å². The molecule has 80 valence electrons. The predicted octanol–water partition coefficient (Wildman–Crippen LogP) is 1.65. The molecule has 2 aromatic heterocycles. The van der Waals surface area contributed by atoms with Crippen LogP contribution >= 0.6 is 0 Å². The number of aromatic hydroxyl groups is 1. The first kappa shape index (κ1) is 9.18. The van der Waals surface area contributed by atoms with Crippen molar-refractivity contribution in [1.29, 1.82) is 0 Å². The second-order valence-corrected chi connectivity index (χ2v) is 3.73. The summed E-state index contributed by atoms with van der Waals surface area (Å²) in [6, 6.07) is 7.21. The lowest BCUT2D eigenvalue weighted by atomic mass is 10.1. The molecule has 3 N–H and O–H groups in total. The van der Waals surface area contributed by atoms with Gasteiger partial charge in [0.1, 0.15) is 11.4 Å². The molecule has 2 heterocycles. The Morgan fingerprint density at radius 2 is 2.19 bits per heavy atom. The largest absolute Gasteiger partial charge is 0.508 e. The molecule has 0 fully saturated rings. The zero-order valence-corrected chi connectivity index (χ0v) is 8.59. The van der Waals surface area contributed by atoms with E-state index in [9.17, 15) is 5.11 Å². The molecule has 0 bridgehead atoms. The highest BCUT2D eigenvalue weighted by Crippen LogP contribution is 2.23. The van der Waals surface area contributed by atoms with E-state index < -0.39 is 0 Å². The minimum atomic E-state index is 0.266. The minimum Gasteiger partial charge on any atom is -0.508 e. The number of rotatable bonds is 1. The molecule has 0 aliphatic carbocycles. The lowest BCUT2D eigenvalue weighted by Crippen LogP contribution is -2.00. The molecule has 1 aromatic carbocycles. The SMILES string of the molecule is NCc1cnc2c3ccc(O)cc3ccn12. The zero-order valence-electron chi connectivity index (χ0n) is 8.59. The van der Waals surface area contributed by atoms with Crippen LogP contribution in [-0.4, -0.2) is 14.5 Å². The van der Waals surface area contributed by atoms with Crippen LogP contribution in [0, 0.1) is 0 Å². The highest BCUT2D eigenvalue weighted by Gasteiger charge is 2.05. The van der Waals surface area contributed by atoms with Crippen molar-refractivity contribution in [3.05, 3.63) is 42.4 Å². The normalized spacial score (nSPS) is 11.3. The third kappa shape index (κ3) is 1.17. The van der Waals surface area contributed by atoms with Crippen molar-refractivity contribution in [2.45, 2.75) is 6.54 Å². The Bertz CT molecular complexity index is 672. The number of phenols is 1. The number of phenolic OH excluding ortho intramolecular Hbond substituents is 1. The van der Waals surface area contributed by atoms with Crippen molar-refractivity contribution in [2.24, 2.45) is 5.73 Å². The van der Waals surface area contributed by atoms with Gasteiger partial charge in [0.25, 0.3) is 0 Å². The van der Waals surface area contributed by atoms with Crippen molar-refractivity contribution in [3.8, 4) is 5.75 Å². The van der Waals surface area contributed by atoms with Crippen molar-refractivity contribution < 1.29 is 5.11 Å². The minimum absolute atomic E-state index is 0.266. The summed E-state index contributed by atoms with van der Waals surface area (Å²) < 4.78 is 1.97. The number of benzene rings is 1. The molecule has 0 unspecified atom stereocenters. The first-order valence-electron chi connectivity index (χ1n) is 5.07. The molecule has 4 nitrogen and oxygen atoms in total. The summed E-state index contributed by atoms with van der Waals surface area (Å²) >= 11 is 0.